The highest BCUT2D eigenvalue weighted by Gasteiger charge is 2.51. The first-order valence-corrected chi connectivity index (χ1v) is 18.9. The van der Waals surface area contributed by atoms with Gasteiger partial charge in [0.05, 0.1) is 11.0 Å². The van der Waals surface area contributed by atoms with Crippen LogP contribution in [0.5, 0.6) is 11.5 Å². The fourth-order valence-electron chi connectivity index (χ4n) is 8.69. The summed E-state index contributed by atoms with van der Waals surface area (Å²) in [5.41, 5.74) is 13.7. The third-order valence-electron chi connectivity index (χ3n) is 11.3. The van der Waals surface area contributed by atoms with E-state index < -0.39 is 5.41 Å². The highest BCUT2D eigenvalue weighted by Crippen LogP contribution is 2.63. The molecular formula is C52H33N3O. The number of benzene rings is 8. The van der Waals surface area contributed by atoms with Gasteiger partial charge in [-0.05, 0) is 56.6 Å². The Hall–Kier alpha value is -7.43. The van der Waals surface area contributed by atoms with Crippen molar-refractivity contribution in [3.63, 3.8) is 0 Å². The molecule has 2 heterocycles. The molecule has 0 amide bonds. The maximum atomic E-state index is 7.00. The van der Waals surface area contributed by atoms with Crippen LogP contribution in [-0.4, -0.2) is 15.0 Å². The number of hydrogen-bond acceptors (Lipinski definition) is 4. The van der Waals surface area contributed by atoms with E-state index in [1.165, 1.54) is 22.3 Å². The molecule has 0 N–H and O–H groups in total. The lowest BCUT2D eigenvalue weighted by Gasteiger charge is -2.39. The molecule has 4 nitrogen and oxygen atoms in total. The number of rotatable bonds is 5. The molecule has 0 radical (unpaired) electrons. The molecule has 1 spiro atoms. The summed E-state index contributed by atoms with van der Waals surface area (Å²) in [6.07, 6.45) is 0. The highest BCUT2D eigenvalue weighted by molar-refractivity contribution is 5.90. The van der Waals surface area contributed by atoms with Crippen molar-refractivity contribution in [2.45, 2.75) is 5.41 Å². The van der Waals surface area contributed by atoms with Crippen molar-refractivity contribution in [2.75, 3.05) is 0 Å². The SMILES string of the molecule is c1ccc(-c2ccc(-c3nc(-c4ccc(-c5ccccc5)cc4)nc(-c4cccc5c4Oc4ccccc4C54c5ccccc5-c5ccccc54)n3)cc2)cc1. The van der Waals surface area contributed by atoms with Gasteiger partial charge in [-0.3, -0.25) is 0 Å². The topological polar surface area (TPSA) is 47.9 Å². The zero-order valence-electron chi connectivity index (χ0n) is 30.3. The van der Waals surface area contributed by atoms with Gasteiger partial charge in [0.25, 0.3) is 0 Å². The lowest BCUT2D eigenvalue weighted by atomic mass is 9.66. The predicted molar refractivity (Wildman–Crippen MR) is 224 cm³/mol. The largest absolute Gasteiger partial charge is 0.456 e. The van der Waals surface area contributed by atoms with Gasteiger partial charge in [-0.25, -0.2) is 15.0 Å². The molecule has 56 heavy (non-hydrogen) atoms. The Labute approximate surface area is 325 Å². The van der Waals surface area contributed by atoms with Crippen LogP contribution in [0.15, 0.2) is 200 Å². The number of hydrogen-bond donors (Lipinski definition) is 0. The molecule has 4 heteroatoms. The van der Waals surface area contributed by atoms with Gasteiger partial charge in [0, 0.05) is 22.3 Å². The Morgan fingerprint density at radius 1 is 0.286 bits per heavy atom. The number of aromatic nitrogens is 3. The molecule has 11 rings (SSSR count). The van der Waals surface area contributed by atoms with E-state index in [9.17, 15) is 0 Å². The van der Waals surface area contributed by atoms with E-state index in [-0.39, 0.29) is 0 Å². The van der Waals surface area contributed by atoms with E-state index in [1.54, 1.807) is 0 Å². The van der Waals surface area contributed by atoms with Gasteiger partial charge in [-0.15, -0.1) is 0 Å². The lowest BCUT2D eigenvalue weighted by Crippen LogP contribution is -2.32. The second-order valence-electron chi connectivity index (χ2n) is 14.3. The number of ether oxygens (including phenoxy) is 1. The maximum absolute atomic E-state index is 7.00. The molecule has 8 aromatic carbocycles. The van der Waals surface area contributed by atoms with E-state index in [4.69, 9.17) is 19.7 Å². The van der Waals surface area contributed by atoms with Crippen molar-refractivity contribution in [2.24, 2.45) is 0 Å². The molecule has 1 aliphatic heterocycles. The Morgan fingerprint density at radius 2 is 0.679 bits per heavy atom. The first-order valence-electron chi connectivity index (χ1n) is 18.9. The van der Waals surface area contributed by atoms with Gasteiger partial charge in [-0.1, -0.05) is 188 Å². The first-order chi connectivity index (χ1) is 27.8. The van der Waals surface area contributed by atoms with E-state index in [1.807, 2.05) is 18.2 Å². The van der Waals surface area contributed by atoms with E-state index in [0.29, 0.717) is 17.5 Å². The summed E-state index contributed by atoms with van der Waals surface area (Å²) in [5, 5.41) is 0. The van der Waals surface area contributed by atoms with Gasteiger partial charge in [-0.2, -0.15) is 0 Å². The average molecular weight is 716 g/mol. The second kappa shape index (κ2) is 12.9. The van der Waals surface area contributed by atoms with Crippen LogP contribution in [-0.2, 0) is 5.41 Å². The standard InChI is InChI=1S/C52H33N3O/c1-3-14-34(15-4-1)36-26-30-38(31-27-36)49-53-50(39-32-28-37(29-33-39)35-16-5-2-6-17-35)55-51(54-49)42-20-13-24-46-48(42)56-47-25-12-11-23-45(47)52(46)43-21-9-7-18-40(43)41-19-8-10-22-44(41)52/h1-33H. The third-order valence-corrected chi connectivity index (χ3v) is 11.3. The third kappa shape index (κ3) is 4.96. The minimum atomic E-state index is -0.591. The summed E-state index contributed by atoms with van der Waals surface area (Å²) in [6.45, 7) is 0. The Morgan fingerprint density at radius 3 is 1.23 bits per heavy atom. The molecule has 0 atom stereocenters. The maximum Gasteiger partial charge on any atom is 0.167 e. The van der Waals surface area contributed by atoms with Gasteiger partial charge in [0.1, 0.15) is 11.5 Å². The summed E-state index contributed by atoms with van der Waals surface area (Å²) in [4.78, 5) is 15.6. The van der Waals surface area contributed by atoms with Crippen molar-refractivity contribution < 1.29 is 4.74 Å². The van der Waals surface area contributed by atoms with Crippen molar-refractivity contribution >= 4 is 0 Å². The number of fused-ring (bicyclic) bond motifs is 9. The fraction of sp³-hybridized carbons (Fsp3) is 0.0192. The van der Waals surface area contributed by atoms with Crippen LogP contribution in [0.25, 0.3) is 67.5 Å². The molecule has 0 saturated heterocycles. The van der Waals surface area contributed by atoms with Crippen molar-refractivity contribution in [1.82, 2.24) is 15.0 Å². The predicted octanol–water partition coefficient (Wildman–Crippen LogP) is 12.7. The van der Waals surface area contributed by atoms with Crippen LogP contribution in [0.1, 0.15) is 22.3 Å². The molecule has 0 saturated carbocycles. The second-order valence-corrected chi connectivity index (χ2v) is 14.3. The summed E-state index contributed by atoms with van der Waals surface area (Å²) < 4.78 is 7.00. The summed E-state index contributed by atoms with van der Waals surface area (Å²) >= 11 is 0. The smallest absolute Gasteiger partial charge is 0.167 e. The van der Waals surface area contributed by atoms with Gasteiger partial charge < -0.3 is 4.74 Å². The zero-order chi connectivity index (χ0) is 37.1. The van der Waals surface area contributed by atoms with Crippen molar-refractivity contribution in [1.29, 1.82) is 0 Å². The molecule has 0 unspecified atom stereocenters. The van der Waals surface area contributed by atoms with Crippen LogP contribution in [0.4, 0.5) is 0 Å². The van der Waals surface area contributed by atoms with E-state index in [2.05, 4.69) is 182 Å². The molecule has 9 aromatic rings. The molecular weight excluding hydrogens is 683 g/mol. The molecule has 0 fully saturated rings. The summed E-state index contributed by atoms with van der Waals surface area (Å²) in [5.74, 6) is 3.31. The Balaban J connectivity index is 1.12. The average Bonchev–Trinajstić information content (AvgIpc) is 3.57. The van der Waals surface area contributed by atoms with Crippen molar-refractivity contribution in [3.8, 4) is 79.0 Å². The van der Waals surface area contributed by atoms with Crippen LogP contribution in [0.2, 0.25) is 0 Å². The minimum Gasteiger partial charge on any atom is -0.456 e. The molecule has 1 aliphatic carbocycles. The zero-order valence-corrected chi connectivity index (χ0v) is 30.3. The number of nitrogens with zero attached hydrogens (tertiary/aromatic N) is 3. The van der Waals surface area contributed by atoms with Crippen molar-refractivity contribution in [3.05, 3.63) is 222 Å². The fourth-order valence-corrected chi connectivity index (χ4v) is 8.69. The van der Waals surface area contributed by atoms with Crippen LogP contribution >= 0.6 is 0 Å². The molecule has 262 valence electrons. The monoisotopic (exact) mass is 715 g/mol. The summed E-state index contributed by atoms with van der Waals surface area (Å²) in [7, 11) is 0. The van der Waals surface area contributed by atoms with Crippen LogP contribution in [0, 0.1) is 0 Å². The Kier molecular flexibility index (Phi) is 7.36. The van der Waals surface area contributed by atoms with Gasteiger partial charge >= 0.3 is 0 Å². The van der Waals surface area contributed by atoms with Gasteiger partial charge in [0.15, 0.2) is 17.5 Å². The minimum absolute atomic E-state index is 0.551. The molecule has 2 aliphatic rings. The highest BCUT2D eigenvalue weighted by atomic mass is 16.5. The molecule has 0 bridgehead atoms. The van der Waals surface area contributed by atoms with Crippen LogP contribution in [0.3, 0.4) is 0 Å². The summed E-state index contributed by atoms with van der Waals surface area (Å²) in [6, 6.07) is 70.1. The van der Waals surface area contributed by atoms with Gasteiger partial charge in [0.2, 0.25) is 0 Å². The Bertz CT molecular complexity index is 2770. The van der Waals surface area contributed by atoms with E-state index >= 15 is 0 Å². The quantitative estimate of drug-likeness (QED) is 0.178. The van der Waals surface area contributed by atoms with E-state index in [0.717, 1.165) is 61.6 Å². The van der Waals surface area contributed by atoms with Crippen LogP contribution < -0.4 is 4.74 Å². The first kappa shape index (κ1) is 32.0. The number of para-hydroxylation sites is 2. The lowest BCUT2D eigenvalue weighted by molar-refractivity contribution is 0.437. The molecule has 1 aromatic heterocycles. The normalized spacial score (nSPS) is 12.9.